The summed E-state index contributed by atoms with van der Waals surface area (Å²) in [5.41, 5.74) is 3.18. The van der Waals surface area contributed by atoms with Crippen LogP contribution in [0.5, 0.6) is 5.88 Å². The number of aromatic nitrogens is 1. The number of halogens is 1. The largest absolute Gasteiger partial charge is 0.477 e. The molecule has 0 unspecified atom stereocenters. The maximum Gasteiger partial charge on any atom is 0.270 e. The van der Waals surface area contributed by atoms with Crippen LogP contribution in [-0.2, 0) is 19.9 Å². The number of pyridine rings is 1. The summed E-state index contributed by atoms with van der Waals surface area (Å²) in [7, 11) is 0. The van der Waals surface area contributed by atoms with Crippen LogP contribution in [0.1, 0.15) is 35.3 Å². The lowest BCUT2D eigenvalue weighted by atomic mass is 9.92. The molecule has 27 heavy (non-hydrogen) atoms. The van der Waals surface area contributed by atoms with Gasteiger partial charge in [0.2, 0.25) is 11.8 Å². The smallest absolute Gasteiger partial charge is 0.270 e. The van der Waals surface area contributed by atoms with Crippen molar-refractivity contribution in [2.75, 3.05) is 33.0 Å². The van der Waals surface area contributed by atoms with E-state index >= 15 is 0 Å². The lowest BCUT2D eigenvalue weighted by Crippen LogP contribution is -2.63. The Bertz CT molecular complexity index is 759. The van der Waals surface area contributed by atoms with Gasteiger partial charge in [-0.05, 0) is 30.9 Å². The molecule has 2 amide bonds. The Morgan fingerprint density at radius 1 is 1.26 bits per heavy atom. The number of ether oxygens (including phenoxy) is 3. The van der Waals surface area contributed by atoms with Crippen molar-refractivity contribution >= 4 is 11.8 Å². The van der Waals surface area contributed by atoms with Crippen LogP contribution in [0.4, 0.5) is 4.39 Å². The van der Waals surface area contributed by atoms with Gasteiger partial charge in [0.25, 0.3) is 5.91 Å². The van der Waals surface area contributed by atoms with Crippen molar-refractivity contribution < 1.29 is 28.2 Å². The van der Waals surface area contributed by atoms with E-state index in [4.69, 9.17) is 19.9 Å². The number of nitrogens with two attached hydrogens (primary N) is 1. The van der Waals surface area contributed by atoms with E-state index in [9.17, 15) is 14.0 Å². The van der Waals surface area contributed by atoms with Crippen molar-refractivity contribution in [2.24, 2.45) is 11.7 Å². The topological polar surface area (TPSA) is 113 Å². The second-order valence-electron chi connectivity index (χ2n) is 7.63. The molecule has 9 heteroatoms. The van der Waals surface area contributed by atoms with Gasteiger partial charge >= 0.3 is 0 Å². The van der Waals surface area contributed by atoms with Gasteiger partial charge in [-0.15, -0.1) is 0 Å². The highest BCUT2D eigenvalue weighted by Gasteiger charge is 2.45. The van der Waals surface area contributed by atoms with Gasteiger partial charge in [0.1, 0.15) is 5.69 Å². The van der Waals surface area contributed by atoms with Crippen LogP contribution in [0, 0.1) is 5.92 Å². The number of primary amides is 1. The molecular formula is C18H22FN3O5. The molecule has 0 radical (unpaired) electrons. The minimum atomic E-state index is -1.64. The lowest BCUT2D eigenvalue weighted by molar-refractivity contribution is -0.136. The first-order valence-corrected chi connectivity index (χ1v) is 8.99. The highest BCUT2D eigenvalue weighted by molar-refractivity contribution is 5.93. The van der Waals surface area contributed by atoms with Gasteiger partial charge in [0, 0.05) is 0 Å². The van der Waals surface area contributed by atoms with Crippen LogP contribution in [0.25, 0.3) is 0 Å². The van der Waals surface area contributed by atoms with E-state index in [0.29, 0.717) is 18.1 Å². The zero-order valence-corrected chi connectivity index (χ0v) is 14.8. The maximum absolute atomic E-state index is 14.8. The fourth-order valence-corrected chi connectivity index (χ4v) is 3.14. The first-order valence-electron chi connectivity index (χ1n) is 8.99. The number of rotatable bonds is 8. The molecular weight excluding hydrogens is 357 g/mol. The van der Waals surface area contributed by atoms with E-state index in [0.717, 1.165) is 12.8 Å². The van der Waals surface area contributed by atoms with Gasteiger partial charge in [-0.3, -0.25) is 9.59 Å². The minimum Gasteiger partial charge on any atom is -0.477 e. The Hall–Kier alpha value is -2.26. The van der Waals surface area contributed by atoms with Crippen LogP contribution in [0.15, 0.2) is 12.1 Å². The van der Waals surface area contributed by atoms with Crippen molar-refractivity contribution in [3.8, 4) is 5.88 Å². The van der Waals surface area contributed by atoms with E-state index in [1.807, 2.05) is 0 Å². The highest BCUT2D eigenvalue weighted by atomic mass is 19.1. The van der Waals surface area contributed by atoms with Crippen LogP contribution in [0.2, 0.25) is 0 Å². The molecule has 3 heterocycles. The van der Waals surface area contributed by atoms with Crippen molar-refractivity contribution in [1.82, 2.24) is 10.3 Å². The predicted molar refractivity (Wildman–Crippen MR) is 90.9 cm³/mol. The Morgan fingerprint density at radius 3 is 2.48 bits per heavy atom. The molecule has 0 aromatic carbocycles. The summed E-state index contributed by atoms with van der Waals surface area (Å²) < 4.78 is 30.7. The summed E-state index contributed by atoms with van der Waals surface area (Å²) in [6.45, 7) is 0.741. The molecule has 4 rings (SSSR count). The molecule has 0 bridgehead atoms. The van der Waals surface area contributed by atoms with E-state index in [-0.39, 0.29) is 44.4 Å². The van der Waals surface area contributed by atoms with E-state index in [1.165, 1.54) is 12.1 Å². The molecule has 0 atom stereocenters. The number of carbonyl (C=O) groups excluding carboxylic acids is 2. The van der Waals surface area contributed by atoms with Gasteiger partial charge in [-0.25, -0.2) is 9.37 Å². The Kier molecular flexibility index (Phi) is 4.51. The normalized spacial score (nSPS) is 22.3. The molecule has 1 aromatic rings. The third kappa shape index (κ3) is 3.74. The number of nitrogens with zero attached hydrogens (tertiary/aromatic N) is 1. The maximum atomic E-state index is 14.8. The monoisotopic (exact) mass is 379 g/mol. The number of hydrogen-bond donors (Lipinski definition) is 2. The molecule has 8 nitrogen and oxygen atoms in total. The predicted octanol–water partition coefficient (Wildman–Crippen LogP) is 0.440. The molecule has 1 aliphatic carbocycles. The summed E-state index contributed by atoms with van der Waals surface area (Å²) >= 11 is 0. The quantitative estimate of drug-likeness (QED) is 0.678. The Labute approximate surface area is 155 Å². The summed E-state index contributed by atoms with van der Waals surface area (Å²) in [6, 6.07) is 2.97. The number of carbonyl (C=O) groups is 2. The van der Waals surface area contributed by atoms with Gasteiger partial charge in [-0.1, -0.05) is 0 Å². The Morgan fingerprint density at radius 2 is 1.96 bits per heavy atom. The SMILES string of the molecule is NC(=O)CC1(NC(=O)c2ccc(C3(F)COC3)c(OCC3CC3)n2)COC1. The number of nitrogens with one attached hydrogen (secondary N) is 1. The molecule has 0 spiro atoms. The first-order chi connectivity index (χ1) is 12.9. The molecule has 2 aliphatic heterocycles. The average molecular weight is 379 g/mol. The molecule has 1 aromatic heterocycles. The second-order valence-corrected chi connectivity index (χ2v) is 7.63. The Balaban J connectivity index is 1.53. The molecule has 2 saturated heterocycles. The fraction of sp³-hybridized carbons (Fsp3) is 0.611. The lowest BCUT2D eigenvalue weighted by Gasteiger charge is -2.41. The van der Waals surface area contributed by atoms with Gasteiger partial charge < -0.3 is 25.3 Å². The zero-order valence-electron chi connectivity index (χ0n) is 14.8. The van der Waals surface area contributed by atoms with Crippen molar-refractivity contribution in [3.63, 3.8) is 0 Å². The van der Waals surface area contributed by atoms with Gasteiger partial charge in [-0.2, -0.15) is 0 Å². The summed E-state index contributed by atoms with van der Waals surface area (Å²) in [5.74, 6) is -0.440. The van der Waals surface area contributed by atoms with Crippen LogP contribution in [-0.4, -0.2) is 55.4 Å². The van der Waals surface area contributed by atoms with E-state index in [2.05, 4.69) is 10.3 Å². The molecule has 1 saturated carbocycles. The van der Waals surface area contributed by atoms with E-state index < -0.39 is 23.0 Å². The molecule has 3 N–H and O–H groups in total. The standard InChI is InChI=1S/C18H22FN3O5/c19-18(9-26-10-18)12-3-4-13(21-16(12)27-6-11-1-2-11)15(24)22-17(5-14(20)23)7-25-8-17/h3-4,11H,1-2,5-10H2,(H2,20,23)(H,22,24). The average Bonchev–Trinajstić information content (AvgIpc) is 3.39. The first kappa shape index (κ1) is 18.1. The van der Waals surface area contributed by atoms with Crippen LogP contribution in [0.3, 0.4) is 0 Å². The van der Waals surface area contributed by atoms with Crippen molar-refractivity contribution in [3.05, 3.63) is 23.4 Å². The third-order valence-corrected chi connectivity index (χ3v) is 5.04. The van der Waals surface area contributed by atoms with Crippen molar-refractivity contribution in [2.45, 2.75) is 30.5 Å². The number of alkyl halides is 1. The van der Waals surface area contributed by atoms with E-state index in [1.54, 1.807) is 0 Å². The number of hydrogen-bond acceptors (Lipinski definition) is 6. The van der Waals surface area contributed by atoms with Crippen LogP contribution >= 0.6 is 0 Å². The summed E-state index contributed by atoms with van der Waals surface area (Å²) in [4.78, 5) is 28.1. The van der Waals surface area contributed by atoms with Gasteiger partial charge in [0.15, 0.2) is 5.67 Å². The van der Waals surface area contributed by atoms with Crippen molar-refractivity contribution in [1.29, 1.82) is 0 Å². The summed E-state index contributed by atoms with van der Waals surface area (Å²) in [6.07, 6.45) is 2.14. The van der Waals surface area contributed by atoms with Gasteiger partial charge in [0.05, 0.1) is 50.6 Å². The highest BCUT2D eigenvalue weighted by Crippen LogP contribution is 2.39. The fourth-order valence-electron chi connectivity index (χ4n) is 3.14. The number of amides is 2. The molecule has 3 aliphatic rings. The molecule has 3 fully saturated rings. The second kappa shape index (κ2) is 6.72. The third-order valence-electron chi connectivity index (χ3n) is 5.04. The minimum absolute atomic E-state index is 0.0210. The van der Waals surface area contributed by atoms with Crippen LogP contribution < -0.4 is 15.8 Å². The molecule has 146 valence electrons. The zero-order chi connectivity index (χ0) is 19.1. The summed E-state index contributed by atoms with van der Waals surface area (Å²) in [5, 5.41) is 2.77.